The molecule has 5 nitrogen and oxygen atoms in total. The molecule has 0 saturated carbocycles. The Morgan fingerprint density at radius 1 is 1.04 bits per heavy atom. The number of carbonyl (C=O) groups is 2. The van der Waals surface area contributed by atoms with Crippen molar-refractivity contribution in [1.82, 2.24) is 10.2 Å². The zero-order valence-electron chi connectivity index (χ0n) is 15.7. The molecule has 1 fully saturated rings. The zero-order valence-corrected chi connectivity index (χ0v) is 15.7. The predicted molar refractivity (Wildman–Crippen MR) is 83.7 cm³/mol. The summed E-state index contributed by atoms with van der Waals surface area (Å²) in [6.07, 6.45) is -13.4. The van der Waals surface area contributed by atoms with Crippen molar-refractivity contribution in [3.63, 3.8) is 0 Å². The van der Waals surface area contributed by atoms with Crippen molar-refractivity contribution in [3.05, 3.63) is 0 Å². The minimum atomic E-state index is -5.55. The average Bonchev–Trinajstić information content (AvgIpc) is 2.87. The molecule has 158 valence electrons. The zero-order chi connectivity index (χ0) is 21.4. The lowest BCUT2D eigenvalue weighted by molar-refractivity contribution is -0.334. The number of hydrogen-bond donors (Lipinski definition) is 1. The van der Waals surface area contributed by atoms with Crippen LogP contribution in [0.3, 0.4) is 0 Å². The number of amides is 2. The van der Waals surface area contributed by atoms with Crippen LogP contribution in [0.15, 0.2) is 0 Å². The number of alkyl carbamates (subject to hydrolysis) is 1. The summed E-state index contributed by atoms with van der Waals surface area (Å²) in [6, 6.07) is -1.31. The summed E-state index contributed by atoms with van der Waals surface area (Å²) in [4.78, 5) is 24.9. The fourth-order valence-corrected chi connectivity index (χ4v) is 2.77. The van der Waals surface area contributed by atoms with Gasteiger partial charge in [0.25, 0.3) is 0 Å². The van der Waals surface area contributed by atoms with Gasteiger partial charge in [-0.05, 0) is 33.1 Å². The van der Waals surface area contributed by atoms with E-state index < -0.39 is 66.8 Å². The van der Waals surface area contributed by atoms with Crippen molar-refractivity contribution in [3.8, 4) is 0 Å². The topological polar surface area (TPSA) is 58.6 Å². The first-order valence-corrected chi connectivity index (χ1v) is 8.33. The second kappa shape index (κ2) is 7.38. The van der Waals surface area contributed by atoms with Crippen LogP contribution < -0.4 is 5.32 Å². The van der Waals surface area contributed by atoms with E-state index in [9.17, 15) is 35.9 Å². The molecule has 0 bridgehead atoms. The van der Waals surface area contributed by atoms with E-state index in [1.165, 1.54) is 13.8 Å². The third-order valence-corrected chi connectivity index (χ3v) is 4.27. The lowest BCUT2D eigenvalue weighted by atomic mass is 9.85. The van der Waals surface area contributed by atoms with Crippen LogP contribution in [-0.4, -0.2) is 54.0 Å². The predicted octanol–water partition coefficient (Wildman–Crippen LogP) is 3.88. The number of halogens is 6. The smallest absolute Gasteiger partial charge is 0.408 e. The second-order valence-electron chi connectivity index (χ2n) is 7.96. The van der Waals surface area contributed by atoms with Crippen LogP contribution in [0.4, 0.5) is 31.1 Å². The molecule has 0 aromatic carbocycles. The van der Waals surface area contributed by atoms with E-state index >= 15 is 0 Å². The molecule has 0 spiro atoms. The minimum absolute atomic E-state index is 0.503. The maximum Gasteiger partial charge on any atom is 0.408 e. The van der Waals surface area contributed by atoms with E-state index in [1.54, 1.807) is 20.8 Å². The molecule has 0 unspecified atom stereocenters. The van der Waals surface area contributed by atoms with Gasteiger partial charge < -0.3 is 15.0 Å². The van der Waals surface area contributed by atoms with Crippen molar-refractivity contribution in [1.29, 1.82) is 0 Å². The summed E-state index contributed by atoms with van der Waals surface area (Å²) in [7, 11) is 0. The van der Waals surface area contributed by atoms with Gasteiger partial charge in [-0.2, -0.15) is 26.3 Å². The molecule has 0 radical (unpaired) electrons. The monoisotopic (exact) mass is 406 g/mol. The second-order valence-corrected chi connectivity index (χ2v) is 7.96. The lowest BCUT2D eigenvalue weighted by Crippen LogP contribution is -2.55. The number of hydrogen-bond acceptors (Lipinski definition) is 3. The lowest BCUT2D eigenvalue weighted by Gasteiger charge is -2.34. The molecular formula is C16H24F6N2O3. The minimum Gasteiger partial charge on any atom is -0.444 e. The first kappa shape index (κ1) is 23.4. The fraction of sp³-hybridized carbons (Fsp3) is 0.875. The Bertz CT molecular complexity index is 552. The van der Waals surface area contributed by atoms with E-state index in [0.717, 1.165) is 0 Å². The number of ether oxygens (including phenoxy) is 1. The van der Waals surface area contributed by atoms with Crippen LogP contribution in [0.2, 0.25) is 0 Å². The highest BCUT2D eigenvalue weighted by Gasteiger charge is 2.73. The SMILES string of the molecule is CC(C)[C@@H](NC(=O)OC(C)(C)C)C(=O)N1CCC(C(F)(F)F)(C(F)(F)F)C1. The van der Waals surface area contributed by atoms with Crippen LogP contribution >= 0.6 is 0 Å². The fourth-order valence-electron chi connectivity index (χ4n) is 2.77. The van der Waals surface area contributed by atoms with Crippen molar-refractivity contribution in [2.45, 2.75) is 65.0 Å². The highest BCUT2D eigenvalue weighted by Crippen LogP contribution is 2.55. The van der Waals surface area contributed by atoms with Crippen LogP contribution in [0.5, 0.6) is 0 Å². The molecule has 1 heterocycles. The summed E-state index contributed by atoms with van der Waals surface area (Å²) in [6.45, 7) is 5.49. The number of alkyl halides is 6. The quantitative estimate of drug-likeness (QED) is 0.724. The van der Waals surface area contributed by atoms with E-state index in [-0.39, 0.29) is 0 Å². The highest BCUT2D eigenvalue weighted by molar-refractivity contribution is 5.86. The first-order chi connectivity index (χ1) is 11.9. The molecule has 1 atom stereocenters. The van der Waals surface area contributed by atoms with Crippen LogP contribution in [0, 0.1) is 11.3 Å². The third-order valence-electron chi connectivity index (χ3n) is 4.27. The molecule has 27 heavy (non-hydrogen) atoms. The van der Waals surface area contributed by atoms with Gasteiger partial charge in [0.2, 0.25) is 5.91 Å². The molecule has 1 aliphatic heterocycles. The normalized spacial score (nSPS) is 19.2. The summed E-state index contributed by atoms with van der Waals surface area (Å²) in [5.74, 6) is -1.58. The summed E-state index contributed by atoms with van der Waals surface area (Å²) < 4.78 is 83.9. The van der Waals surface area contributed by atoms with Gasteiger partial charge in [0.05, 0.1) is 0 Å². The molecule has 1 saturated heterocycles. The van der Waals surface area contributed by atoms with E-state index in [0.29, 0.717) is 4.90 Å². The van der Waals surface area contributed by atoms with Gasteiger partial charge in [0, 0.05) is 13.1 Å². The van der Waals surface area contributed by atoms with Crippen molar-refractivity contribution in [2.24, 2.45) is 11.3 Å². The Labute approximate surface area is 153 Å². The van der Waals surface area contributed by atoms with Crippen LogP contribution in [-0.2, 0) is 9.53 Å². The molecular weight excluding hydrogens is 382 g/mol. The number of rotatable bonds is 3. The van der Waals surface area contributed by atoms with Crippen LogP contribution in [0.25, 0.3) is 0 Å². The third kappa shape index (κ3) is 5.19. The highest BCUT2D eigenvalue weighted by atomic mass is 19.4. The Balaban J connectivity index is 3.01. The number of nitrogens with zero attached hydrogens (tertiary/aromatic N) is 1. The summed E-state index contributed by atoms with van der Waals surface area (Å²) in [5.41, 5.74) is -4.85. The van der Waals surface area contributed by atoms with Crippen LogP contribution in [0.1, 0.15) is 41.0 Å². The molecule has 1 rings (SSSR count). The van der Waals surface area contributed by atoms with Gasteiger partial charge in [0.15, 0.2) is 5.41 Å². The summed E-state index contributed by atoms with van der Waals surface area (Å²) in [5, 5.41) is 2.24. The van der Waals surface area contributed by atoms with E-state index in [1.807, 2.05) is 0 Å². The van der Waals surface area contributed by atoms with Gasteiger partial charge in [0.1, 0.15) is 11.6 Å². The number of likely N-dealkylation sites (tertiary alicyclic amines) is 1. The Kier molecular flexibility index (Phi) is 6.39. The first-order valence-electron chi connectivity index (χ1n) is 8.33. The Hall–Kier alpha value is -1.68. The standard InChI is InChI=1S/C16H24F6N2O3/c1-9(2)10(23-12(26)27-13(3,4)5)11(25)24-7-6-14(8-24,15(17,18)19)16(20,21)22/h9-10H,6-8H2,1-5H3,(H,23,26)/t10-/m1/s1. The largest absolute Gasteiger partial charge is 0.444 e. The average molecular weight is 406 g/mol. The van der Waals surface area contributed by atoms with Gasteiger partial charge in [-0.3, -0.25) is 4.79 Å². The van der Waals surface area contributed by atoms with Crippen molar-refractivity contribution >= 4 is 12.0 Å². The van der Waals surface area contributed by atoms with Gasteiger partial charge >= 0.3 is 18.4 Å². The molecule has 1 aliphatic rings. The Morgan fingerprint density at radius 2 is 1.52 bits per heavy atom. The molecule has 0 aliphatic carbocycles. The van der Waals surface area contributed by atoms with Crippen molar-refractivity contribution < 1.29 is 40.7 Å². The molecule has 0 aromatic heterocycles. The van der Waals surface area contributed by atoms with Crippen molar-refractivity contribution in [2.75, 3.05) is 13.1 Å². The number of nitrogens with one attached hydrogen (secondary N) is 1. The van der Waals surface area contributed by atoms with E-state index in [4.69, 9.17) is 4.74 Å². The maximum absolute atomic E-state index is 13.2. The molecule has 1 N–H and O–H groups in total. The maximum atomic E-state index is 13.2. The Morgan fingerprint density at radius 3 is 1.85 bits per heavy atom. The van der Waals surface area contributed by atoms with E-state index in [2.05, 4.69) is 5.32 Å². The molecule has 0 aromatic rings. The molecule has 11 heteroatoms. The van der Waals surface area contributed by atoms with Gasteiger partial charge in [-0.25, -0.2) is 4.79 Å². The van der Waals surface area contributed by atoms with Gasteiger partial charge in [-0.1, -0.05) is 13.8 Å². The number of carbonyl (C=O) groups excluding carboxylic acids is 2. The molecule has 2 amide bonds. The summed E-state index contributed by atoms with van der Waals surface area (Å²) >= 11 is 0. The van der Waals surface area contributed by atoms with Gasteiger partial charge in [-0.15, -0.1) is 0 Å².